The van der Waals surface area contributed by atoms with E-state index in [1.165, 1.54) is 0 Å². The molecule has 2 aromatic carbocycles. The summed E-state index contributed by atoms with van der Waals surface area (Å²) in [4.78, 5) is 18.1. The molecule has 0 aromatic heterocycles. The van der Waals surface area contributed by atoms with Gasteiger partial charge in [-0.25, -0.2) is 4.79 Å². The molecule has 0 saturated carbocycles. The second-order valence-corrected chi connectivity index (χ2v) is 10.1. The molecule has 38 heavy (non-hydrogen) atoms. The number of rotatable bonds is 11. The fourth-order valence-corrected chi connectivity index (χ4v) is 4.93. The molecule has 2 aliphatic rings. The molecule has 0 aliphatic carbocycles. The van der Waals surface area contributed by atoms with Gasteiger partial charge in [0.15, 0.2) is 6.73 Å². The molecule has 1 unspecified atom stereocenters. The maximum Gasteiger partial charge on any atom is 0.510 e. The van der Waals surface area contributed by atoms with Crippen molar-refractivity contribution in [3.63, 3.8) is 0 Å². The largest absolute Gasteiger partial charge is 0.510 e. The van der Waals surface area contributed by atoms with Gasteiger partial charge in [-0.1, -0.05) is 42.3 Å². The Labute approximate surface area is 234 Å². The molecule has 0 spiro atoms. The fraction of sp³-hybridized carbons (Fsp3) is 0.464. The molecule has 1 N–H and O–H groups in total. The Hall–Kier alpha value is -2.65. The monoisotopic (exact) mass is 563 g/mol. The molecule has 1 fully saturated rings. The lowest BCUT2D eigenvalue weighted by molar-refractivity contribution is 0.0480. The number of aliphatic hydroxyl groups excluding tert-OH is 1. The predicted molar refractivity (Wildman–Crippen MR) is 151 cm³/mol. The Kier molecular flexibility index (Phi) is 10.4. The van der Waals surface area contributed by atoms with Gasteiger partial charge in [-0.05, 0) is 61.7 Å². The summed E-state index contributed by atoms with van der Waals surface area (Å²) in [7, 11) is 0. The molecule has 0 bridgehead atoms. The van der Waals surface area contributed by atoms with Crippen molar-refractivity contribution < 1.29 is 24.1 Å². The predicted octanol–water partition coefficient (Wildman–Crippen LogP) is 5.65. The lowest BCUT2D eigenvalue weighted by atomic mass is 10.1. The number of nitrogens with zero attached hydrogens (tertiary/aromatic N) is 3. The molecule has 8 nitrogen and oxygen atoms in total. The van der Waals surface area contributed by atoms with Crippen LogP contribution in [0.2, 0.25) is 10.0 Å². The van der Waals surface area contributed by atoms with Gasteiger partial charge in [0.05, 0.1) is 34.6 Å². The van der Waals surface area contributed by atoms with Crippen LogP contribution in [0.1, 0.15) is 31.7 Å². The number of fused-ring (bicyclic) bond motifs is 1. The molecule has 4 rings (SSSR count). The standard InChI is InChI=1S/C28H35Cl2N3O5/c1-2-17-37-28(35)38-20-33-25-19-22(10-8-21(25)9-11-26(33)34)36-18-4-3-12-31-13-15-32(16-14-31)24-7-5-6-23(29)27(24)30/h5-11,19,26,34H,2-4,12-18,20H2,1H3. The van der Waals surface area contributed by atoms with Crippen LogP contribution in [0.4, 0.5) is 16.2 Å². The van der Waals surface area contributed by atoms with Crippen LogP contribution in [-0.4, -0.2) is 75.1 Å². The van der Waals surface area contributed by atoms with E-state index < -0.39 is 12.4 Å². The highest BCUT2D eigenvalue weighted by atomic mass is 35.5. The topological polar surface area (TPSA) is 74.7 Å². The minimum Gasteiger partial charge on any atom is -0.494 e. The van der Waals surface area contributed by atoms with E-state index in [1.807, 2.05) is 49.4 Å². The minimum absolute atomic E-state index is 0.124. The lowest BCUT2D eigenvalue weighted by Crippen LogP contribution is -2.46. The summed E-state index contributed by atoms with van der Waals surface area (Å²) < 4.78 is 16.1. The van der Waals surface area contributed by atoms with Crippen LogP contribution >= 0.6 is 23.2 Å². The minimum atomic E-state index is -0.910. The van der Waals surface area contributed by atoms with Crippen molar-refractivity contribution in [1.82, 2.24) is 4.90 Å². The molecule has 2 aromatic rings. The number of carbonyl (C=O) groups excluding carboxylic acids is 1. The van der Waals surface area contributed by atoms with Crippen molar-refractivity contribution in [1.29, 1.82) is 0 Å². The summed E-state index contributed by atoms with van der Waals surface area (Å²) in [5, 5.41) is 11.6. The molecule has 206 valence electrons. The molecule has 2 aliphatic heterocycles. The summed E-state index contributed by atoms with van der Waals surface area (Å²) in [6.45, 7) is 7.49. The smallest absolute Gasteiger partial charge is 0.494 e. The van der Waals surface area contributed by atoms with E-state index in [2.05, 4.69) is 9.80 Å². The number of carbonyl (C=O) groups is 1. The molecule has 2 heterocycles. The van der Waals surface area contributed by atoms with Crippen LogP contribution in [0.5, 0.6) is 5.75 Å². The molecule has 1 saturated heterocycles. The van der Waals surface area contributed by atoms with Crippen LogP contribution < -0.4 is 14.5 Å². The van der Waals surface area contributed by atoms with Crippen molar-refractivity contribution in [2.24, 2.45) is 0 Å². The Bertz CT molecular complexity index is 1110. The van der Waals surface area contributed by atoms with Crippen molar-refractivity contribution in [2.75, 3.05) is 62.5 Å². The highest BCUT2D eigenvalue weighted by molar-refractivity contribution is 6.43. The zero-order chi connectivity index (χ0) is 26.9. The van der Waals surface area contributed by atoms with Gasteiger partial charge in [-0.15, -0.1) is 0 Å². The summed E-state index contributed by atoms with van der Waals surface area (Å²) >= 11 is 12.6. The zero-order valence-corrected chi connectivity index (χ0v) is 23.2. The van der Waals surface area contributed by atoms with E-state index in [4.69, 9.17) is 37.4 Å². The second-order valence-electron chi connectivity index (χ2n) is 9.29. The van der Waals surface area contributed by atoms with E-state index >= 15 is 0 Å². The van der Waals surface area contributed by atoms with Gasteiger partial charge in [0.1, 0.15) is 12.0 Å². The van der Waals surface area contributed by atoms with E-state index in [1.54, 1.807) is 11.0 Å². The van der Waals surface area contributed by atoms with Crippen LogP contribution in [0, 0.1) is 0 Å². The van der Waals surface area contributed by atoms with Crippen LogP contribution in [0.3, 0.4) is 0 Å². The molecule has 0 radical (unpaired) electrons. The molecule has 1 atom stereocenters. The highest BCUT2D eigenvalue weighted by Crippen LogP contribution is 2.33. The third-order valence-corrected chi connectivity index (χ3v) is 7.41. The number of unbranched alkanes of at least 4 members (excludes halogenated alkanes) is 1. The Morgan fingerprint density at radius 3 is 2.63 bits per heavy atom. The van der Waals surface area contributed by atoms with Gasteiger partial charge in [0, 0.05) is 32.2 Å². The number of aliphatic hydroxyl groups is 1. The maximum absolute atomic E-state index is 11.7. The molecule has 10 heteroatoms. The van der Waals surface area contributed by atoms with Gasteiger partial charge in [-0.2, -0.15) is 0 Å². The van der Waals surface area contributed by atoms with E-state index in [-0.39, 0.29) is 6.73 Å². The van der Waals surface area contributed by atoms with Gasteiger partial charge in [-0.3, -0.25) is 4.90 Å². The van der Waals surface area contributed by atoms with E-state index in [0.717, 1.165) is 62.5 Å². The Morgan fingerprint density at radius 2 is 1.84 bits per heavy atom. The first-order valence-corrected chi connectivity index (χ1v) is 13.8. The first kappa shape index (κ1) is 28.4. The van der Waals surface area contributed by atoms with Crippen LogP contribution in [0.25, 0.3) is 6.08 Å². The van der Waals surface area contributed by atoms with Crippen molar-refractivity contribution in [2.45, 2.75) is 32.4 Å². The number of anilines is 2. The summed E-state index contributed by atoms with van der Waals surface area (Å²) in [5.74, 6) is 0.705. The molecule has 0 amide bonds. The average molecular weight is 565 g/mol. The normalized spacial score (nSPS) is 17.3. The first-order valence-electron chi connectivity index (χ1n) is 13.1. The van der Waals surface area contributed by atoms with Gasteiger partial charge in [0.2, 0.25) is 0 Å². The van der Waals surface area contributed by atoms with Gasteiger partial charge in [0.25, 0.3) is 0 Å². The SMILES string of the molecule is CCCOC(=O)OCN1c2cc(OCCCCN3CCN(c4cccc(Cl)c4Cl)CC3)ccc2C=CC1O. The lowest BCUT2D eigenvalue weighted by Gasteiger charge is -2.36. The number of benzene rings is 2. The third-order valence-electron chi connectivity index (χ3n) is 6.61. The average Bonchev–Trinajstić information content (AvgIpc) is 2.93. The summed E-state index contributed by atoms with van der Waals surface area (Å²) in [5.41, 5.74) is 2.65. The quantitative estimate of drug-likeness (QED) is 0.278. The van der Waals surface area contributed by atoms with E-state index in [0.29, 0.717) is 35.4 Å². The van der Waals surface area contributed by atoms with E-state index in [9.17, 15) is 9.90 Å². The Morgan fingerprint density at radius 1 is 1.03 bits per heavy atom. The maximum atomic E-state index is 11.7. The number of hydrogen-bond donors (Lipinski definition) is 1. The number of hydrogen-bond acceptors (Lipinski definition) is 8. The van der Waals surface area contributed by atoms with Gasteiger partial charge >= 0.3 is 6.16 Å². The number of piperazine rings is 1. The van der Waals surface area contributed by atoms with Crippen LogP contribution in [0.15, 0.2) is 42.5 Å². The molecular formula is C28H35Cl2N3O5. The third kappa shape index (κ3) is 7.47. The number of ether oxygens (including phenoxy) is 3. The highest BCUT2D eigenvalue weighted by Gasteiger charge is 2.23. The Balaban J connectivity index is 1.19. The van der Waals surface area contributed by atoms with Gasteiger partial charge < -0.3 is 29.1 Å². The first-order chi connectivity index (χ1) is 18.5. The van der Waals surface area contributed by atoms with Crippen LogP contribution in [-0.2, 0) is 9.47 Å². The molecular weight excluding hydrogens is 529 g/mol. The van der Waals surface area contributed by atoms with Crippen molar-refractivity contribution in [3.05, 3.63) is 58.1 Å². The van der Waals surface area contributed by atoms with Crippen molar-refractivity contribution in [3.8, 4) is 5.75 Å². The fourth-order valence-electron chi connectivity index (χ4n) is 4.51. The van der Waals surface area contributed by atoms with Crippen molar-refractivity contribution >= 4 is 46.8 Å². The zero-order valence-electron chi connectivity index (χ0n) is 21.7. The summed E-state index contributed by atoms with van der Waals surface area (Å²) in [6.07, 6.45) is 4.50. The number of halogens is 2. The second kappa shape index (κ2) is 13.9. The summed E-state index contributed by atoms with van der Waals surface area (Å²) in [6, 6.07) is 11.5.